The largest absolute Gasteiger partial charge is 0.495 e. The zero-order valence-electron chi connectivity index (χ0n) is 9.58. The molecule has 3 nitrogen and oxygen atoms in total. The summed E-state index contributed by atoms with van der Waals surface area (Å²) in [5.41, 5.74) is 1.33. The number of Topliss-reactive ketones (excluding diaryl/α,β-unsaturated/α-hetero) is 1. The fourth-order valence-corrected chi connectivity index (χ4v) is 1.74. The number of aryl methyl sites for hydroxylation is 1. The van der Waals surface area contributed by atoms with E-state index in [1.54, 1.807) is 26.0 Å². The highest BCUT2D eigenvalue weighted by atomic mass is 35.5. The van der Waals surface area contributed by atoms with Crippen molar-refractivity contribution >= 4 is 17.4 Å². The van der Waals surface area contributed by atoms with Crippen LogP contribution in [0.4, 0.5) is 0 Å². The molecular weight excluding hydrogens is 228 g/mol. The van der Waals surface area contributed by atoms with E-state index in [2.05, 4.69) is 0 Å². The van der Waals surface area contributed by atoms with E-state index in [9.17, 15) is 9.90 Å². The molecule has 0 aliphatic heterocycles. The van der Waals surface area contributed by atoms with Gasteiger partial charge in [0.15, 0.2) is 5.78 Å². The SMILES string of the molecule is CCC(=O)C(O)c1cc(Cl)c(OC)cc1C. The lowest BCUT2D eigenvalue weighted by atomic mass is 9.99. The summed E-state index contributed by atoms with van der Waals surface area (Å²) in [6.45, 7) is 3.52. The highest BCUT2D eigenvalue weighted by Gasteiger charge is 2.19. The molecule has 0 radical (unpaired) electrons. The van der Waals surface area contributed by atoms with E-state index in [0.717, 1.165) is 5.56 Å². The van der Waals surface area contributed by atoms with Crippen LogP contribution < -0.4 is 4.74 Å². The molecule has 88 valence electrons. The highest BCUT2D eigenvalue weighted by Crippen LogP contribution is 2.31. The van der Waals surface area contributed by atoms with Crippen molar-refractivity contribution < 1.29 is 14.6 Å². The van der Waals surface area contributed by atoms with Crippen LogP contribution in [0.25, 0.3) is 0 Å². The summed E-state index contributed by atoms with van der Waals surface area (Å²) < 4.78 is 5.05. The van der Waals surface area contributed by atoms with Crippen molar-refractivity contribution in [3.63, 3.8) is 0 Å². The second-order valence-electron chi connectivity index (χ2n) is 3.57. The van der Waals surface area contributed by atoms with Crippen LogP contribution in [-0.2, 0) is 4.79 Å². The van der Waals surface area contributed by atoms with Gasteiger partial charge in [0.25, 0.3) is 0 Å². The summed E-state index contributed by atoms with van der Waals surface area (Å²) in [6, 6.07) is 3.29. The number of ketones is 1. The Morgan fingerprint density at radius 3 is 2.69 bits per heavy atom. The zero-order chi connectivity index (χ0) is 12.3. The van der Waals surface area contributed by atoms with Gasteiger partial charge in [0.05, 0.1) is 12.1 Å². The van der Waals surface area contributed by atoms with E-state index >= 15 is 0 Å². The Morgan fingerprint density at radius 2 is 2.19 bits per heavy atom. The average molecular weight is 243 g/mol. The molecule has 0 heterocycles. The first-order valence-corrected chi connectivity index (χ1v) is 5.43. The van der Waals surface area contributed by atoms with E-state index < -0.39 is 6.10 Å². The number of hydrogen-bond donors (Lipinski definition) is 1. The van der Waals surface area contributed by atoms with Crippen LogP contribution in [0, 0.1) is 6.92 Å². The number of aliphatic hydroxyl groups excluding tert-OH is 1. The van der Waals surface area contributed by atoms with Gasteiger partial charge < -0.3 is 9.84 Å². The van der Waals surface area contributed by atoms with Gasteiger partial charge in [-0.3, -0.25) is 4.79 Å². The van der Waals surface area contributed by atoms with Gasteiger partial charge in [-0.05, 0) is 30.2 Å². The fourth-order valence-electron chi connectivity index (χ4n) is 1.49. The molecule has 0 spiro atoms. The average Bonchev–Trinajstić information content (AvgIpc) is 2.29. The summed E-state index contributed by atoms with van der Waals surface area (Å²) in [7, 11) is 1.52. The quantitative estimate of drug-likeness (QED) is 0.883. The van der Waals surface area contributed by atoms with Gasteiger partial charge in [0, 0.05) is 6.42 Å². The number of methoxy groups -OCH3 is 1. The lowest BCUT2D eigenvalue weighted by Gasteiger charge is -2.14. The number of ether oxygens (including phenoxy) is 1. The maximum atomic E-state index is 11.4. The minimum absolute atomic E-state index is 0.218. The molecule has 0 saturated carbocycles. The Labute approximate surface area is 100.0 Å². The number of benzene rings is 1. The van der Waals surface area contributed by atoms with Crippen LogP contribution in [0.2, 0.25) is 5.02 Å². The van der Waals surface area contributed by atoms with Crippen molar-refractivity contribution in [1.29, 1.82) is 0 Å². The van der Waals surface area contributed by atoms with Gasteiger partial charge in [-0.25, -0.2) is 0 Å². The standard InChI is InChI=1S/C12H15ClO3/c1-4-10(14)12(15)8-6-9(13)11(16-3)5-7(8)2/h5-6,12,15H,4H2,1-3H3. The van der Waals surface area contributed by atoms with Crippen LogP contribution >= 0.6 is 11.6 Å². The zero-order valence-corrected chi connectivity index (χ0v) is 10.3. The molecule has 4 heteroatoms. The molecule has 1 aromatic carbocycles. The summed E-state index contributed by atoms with van der Waals surface area (Å²) in [5.74, 6) is 0.323. The third-order valence-electron chi connectivity index (χ3n) is 2.49. The van der Waals surface area contributed by atoms with Crippen molar-refractivity contribution in [2.45, 2.75) is 26.4 Å². The van der Waals surface area contributed by atoms with Crippen LogP contribution in [0.3, 0.4) is 0 Å². The van der Waals surface area contributed by atoms with Gasteiger partial charge >= 0.3 is 0 Å². The van der Waals surface area contributed by atoms with Gasteiger partial charge in [0.1, 0.15) is 11.9 Å². The predicted octanol–water partition coefficient (Wildman–Crippen LogP) is 2.67. The lowest BCUT2D eigenvalue weighted by Crippen LogP contribution is -2.12. The van der Waals surface area contributed by atoms with E-state index in [0.29, 0.717) is 22.8 Å². The Kier molecular flexibility index (Phi) is 4.33. The normalized spacial score (nSPS) is 12.3. The molecule has 1 N–H and O–H groups in total. The first-order chi connectivity index (χ1) is 7.51. The van der Waals surface area contributed by atoms with E-state index in [4.69, 9.17) is 16.3 Å². The molecule has 1 rings (SSSR count). The molecule has 0 amide bonds. The Bertz CT molecular complexity index is 401. The fraction of sp³-hybridized carbons (Fsp3) is 0.417. The Morgan fingerprint density at radius 1 is 1.56 bits per heavy atom. The van der Waals surface area contributed by atoms with E-state index in [-0.39, 0.29) is 5.78 Å². The summed E-state index contributed by atoms with van der Waals surface area (Å²) in [6.07, 6.45) is -0.807. The molecule has 0 aliphatic carbocycles. The summed E-state index contributed by atoms with van der Waals surface area (Å²) >= 11 is 5.95. The molecule has 1 unspecified atom stereocenters. The Hall–Kier alpha value is -1.06. The van der Waals surface area contributed by atoms with Gasteiger partial charge in [-0.2, -0.15) is 0 Å². The number of carbonyl (C=O) groups is 1. The topological polar surface area (TPSA) is 46.5 Å². The maximum Gasteiger partial charge on any atom is 0.165 e. The van der Waals surface area contributed by atoms with Crippen molar-refractivity contribution in [1.82, 2.24) is 0 Å². The smallest absolute Gasteiger partial charge is 0.165 e. The second kappa shape index (κ2) is 5.32. The van der Waals surface area contributed by atoms with Crippen LogP contribution in [0.1, 0.15) is 30.6 Å². The van der Waals surface area contributed by atoms with Crippen molar-refractivity contribution in [2.75, 3.05) is 7.11 Å². The van der Waals surface area contributed by atoms with Crippen LogP contribution in [-0.4, -0.2) is 18.0 Å². The van der Waals surface area contributed by atoms with Crippen molar-refractivity contribution in [3.05, 3.63) is 28.3 Å². The lowest BCUT2D eigenvalue weighted by molar-refractivity contribution is -0.127. The highest BCUT2D eigenvalue weighted by molar-refractivity contribution is 6.32. The molecule has 0 aromatic heterocycles. The first-order valence-electron chi connectivity index (χ1n) is 5.06. The molecule has 0 fully saturated rings. The number of hydrogen-bond acceptors (Lipinski definition) is 3. The Balaban J connectivity index is 3.15. The number of halogens is 1. The van der Waals surface area contributed by atoms with Gasteiger partial charge in [-0.15, -0.1) is 0 Å². The van der Waals surface area contributed by atoms with E-state index in [1.165, 1.54) is 7.11 Å². The van der Waals surface area contributed by atoms with Gasteiger partial charge in [-0.1, -0.05) is 18.5 Å². The minimum atomic E-state index is -1.10. The predicted molar refractivity (Wildman–Crippen MR) is 63.0 cm³/mol. The maximum absolute atomic E-state index is 11.4. The van der Waals surface area contributed by atoms with Crippen LogP contribution in [0.5, 0.6) is 5.75 Å². The number of rotatable bonds is 4. The molecule has 1 aromatic rings. The number of aliphatic hydroxyl groups is 1. The minimum Gasteiger partial charge on any atom is -0.495 e. The monoisotopic (exact) mass is 242 g/mol. The number of carbonyl (C=O) groups excluding carboxylic acids is 1. The molecule has 0 bridgehead atoms. The van der Waals surface area contributed by atoms with Crippen molar-refractivity contribution in [3.8, 4) is 5.75 Å². The van der Waals surface area contributed by atoms with E-state index in [1.807, 2.05) is 0 Å². The third-order valence-corrected chi connectivity index (χ3v) is 2.78. The van der Waals surface area contributed by atoms with Crippen molar-refractivity contribution in [2.24, 2.45) is 0 Å². The summed E-state index contributed by atoms with van der Waals surface area (Å²) in [5, 5.41) is 10.2. The molecule has 0 aliphatic rings. The molecule has 0 saturated heterocycles. The third kappa shape index (κ3) is 2.54. The first kappa shape index (κ1) is 13.0. The molecular formula is C12H15ClO3. The second-order valence-corrected chi connectivity index (χ2v) is 3.97. The molecule has 1 atom stereocenters. The molecule has 16 heavy (non-hydrogen) atoms. The van der Waals surface area contributed by atoms with Gasteiger partial charge in [0.2, 0.25) is 0 Å². The van der Waals surface area contributed by atoms with Crippen LogP contribution in [0.15, 0.2) is 12.1 Å². The summed E-state index contributed by atoms with van der Waals surface area (Å²) in [4.78, 5) is 11.4.